The van der Waals surface area contributed by atoms with Gasteiger partial charge in [-0.3, -0.25) is 14.4 Å². The van der Waals surface area contributed by atoms with E-state index in [9.17, 15) is 14.4 Å². The zero-order valence-electron chi connectivity index (χ0n) is 12.9. The number of nitrogens with one attached hydrogen (secondary N) is 1. The van der Waals surface area contributed by atoms with Gasteiger partial charge in [-0.05, 0) is 24.3 Å². The molecule has 0 aromatic heterocycles. The van der Waals surface area contributed by atoms with Gasteiger partial charge < -0.3 is 16.2 Å². The lowest BCUT2D eigenvalue weighted by molar-refractivity contribution is -0.138. The molecule has 0 aliphatic heterocycles. The van der Waals surface area contributed by atoms with Crippen molar-refractivity contribution in [1.82, 2.24) is 5.32 Å². The van der Waals surface area contributed by atoms with Gasteiger partial charge in [0, 0.05) is 0 Å². The summed E-state index contributed by atoms with van der Waals surface area (Å²) in [4.78, 5) is 30.3. The number of carbonyl (C=O) groups excluding carboxylic acids is 2. The third-order valence-electron chi connectivity index (χ3n) is 2.73. The SMILES string of the molecule is CC(C)C[C@@H]([C]=O)NC=O.NC(Cc1ccccc1)C(=O)O. The van der Waals surface area contributed by atoms with Crippen molar-refractivity contribution in [1.29, 1.82) is 0 Å². The lowest BCUT2D eigenvalue weighted by Crippen LogP contribution is -2.32. The second-order valence-corrected chi connectivity index (χ2v) is 5.22. The third kappa shape index (κ3) is 9.66. The van der Waals surface area contributed by atoms with Crippen LogP contribution < -0.4 is 11.1 Å². The zero-order valence-corrected chi connectivity index (χ0v) is 12.9. The minimum absolute atomic E-state index is 0.385. The van der Waals surface area contributed by atoms with Gasteiger partial charge in [-0.1, -0.05) is 44.2 Å². The molecule has 0 aliphatic carbocycles. The van der Waals surface area contributed by atoms with E-state index in [1.54, 1.807) is 6.29 Å². The van der Waals surface area contributed by atoms with E-state index in [1.165, 1.54) is 0 Å². The van der Waals surface area contributed by atoms with E-state index >= 15 is 0 Å². The van der Waals surface area contributed by atoms with Crippen molar-refractivity contribution in [2.24, 2.45) is 11.7 Å². The highest BCUT2D eigenvalue weighted by atomic mass is 16.4. The highest BCUT2D eigenvalue weighted by Gasteiger charge is 2.11. The minimum Gasteiger partial charge on any atom is -0.480 e. The monoisotopic (exact) mass is 307 g/mol. The molecule has 0 saturated carbocycles. The van der Waals surface area contributed by atoms with Crippen molar-refractivity contribution in [2.75, 3.05) is 0 Å². The molecule has 1 rings (SSSR count). The fourth-order valence-corrected chi connectivity index (χ4v) is 1.66. The Morgan fingerprint density at radius 1 is 1.36 bits per heavy atom. The van der Waals surface area contributed by atoms with Gasteiger partial charge in [0.05, 0.1) is 6.04 Å². The molecule has 4 N–H and O–H groups in total. The fourth-order valence-electron chi connectivity index (χ4n) is 1.66. The van der Waals surface area contributed by atoms with Crippen molar-refractivity contribution in [2.45, 2.75) is 38.8 Å². The number of nitrogens with two attached hydrogens (primary N) is 1. The number of carboxylic acid groups (broad SMARTS) is 1. The Bertz CT molecular complexity index is 449. The van der Waals surface area contributed by atoms with E-state index in [4.69, 9.17) is 10.8 Å². The van der Waals surface area contributed by atoms with Crippen LogP contribution in [0.1, 0.15) is 25.8 Å². The predicted octanol–water partition coefficient (Wildman–Crippen LogP) is 0.898. The molecule has 0 spiro atoms. The summed E-state index contributed by atoms with van der Waals surface area (Å²) in [6.07, 6.45) is 3.31. The second kappa shape index (κ2) is 11.4. The van der Waals surface area contributed by atoms with Gasteiger partial charge in [0.1, 0.15) is 6.04 Å². The molecule has 1 aromatic carbocycles. The summed E-state index contributed by atoms with van der Waals surface area (Å²) in [5.41, 5.74) is 6.30. The average Bonchev–Trinajstić information content (AvgIpc) is 2.48. The summed E-state index contributed by atoms with van der Waals surface area (Å²) in [6, 6.07) is 8.11. The van der Waals surface area contributed by atoms with Crippen LogP contribution >= 0.6 is 0 Å². The van der Waals surface area contributed by atoms with Crippen LogP contribution in [0.4, 0.5) is 0 Å². The van der Waals surface area contributed by atoms with Crippen LogP contribution in [0.5, 0.6) is 0 Å². The lowest BCUT2D eigenvalue weighted by atomic mass is 10.1. The molecular weight excluding hydrogens is 284 g/mol. The number of hydrogen-bond donors (Lipinski definition) is 3. The minimum atomic E-state index is -0.959. The summed E-state index contributed by atoms with van der Waals surface area (Å²) >= 11 is 0. The van der Waals surface area contributed by atoms with Crippen LogP contribution in [-0.4, -0.2) is 35.9 Å². The van der Waals surface area contributed by atoms with E-state index in [0.717, 1.165) is 5.56 Å². The maximum Gasteiger partial charge on any atom is 0.320 e. The molecule has 1 unspecified atom stereocenters. The highest BCUT2D eigenvalue weighted by Crippen LogP contribution is 2.02. The summed E-state index contributed by atoms with van der Waals surface area (Å²) in [7, 11) is 0. The Morgan fingerprint density at radius 3 is 2.36 bits per heavy atom. The van der Waals surface area contributed by atoms with Crippen molar-refractivity contribution < 1.29 is 19.5 Å². The van der Waals surface area contributed by atoms with Crippen LogP contribution in [0.3, 0.4) is 0 Å². The molecule has 1 radical (unpaired) electrons. The smallest absolute Gasteiger partial charge is 0.320 e. The molecule has 6 nitrogen and oxygen atoms in total. The molecule has 0 aliphatic rings. The fraction of sp³-hybridized carbons (Fsp3) is 0.438. The number of hydrogen-bond acceptors (Lipinski definition) is 4. The number of rotatable bonds is 8. The van der Waals surface area contributed by atoms with Gasteiger partial charge in [-0.15, -0.1) is 0 Å². The highest BCUT2D eigenvalue weighted by molar-refractivity contribution is 5.73. The Morgan fingerprint density at radius 2 is 1.95 bits per heavy atom. The Balaban J connectivity index is 0.000000409. The normalized spacial score (nSPS) is 12.5. The van der Waals surface area contributed by atoms with Gasteiger partial charge in [0.2, 0.25) is 12.7 Å². The lowest BCUT2D eigenvalue weighted by Gasteiger charge is -2.09. The molecule has 22 heavy (non-hydrogen) atoms. The second-order valence-electron chi connectivity index (χ2n) is 5.22. The van der Waals surface area contributed by atoms with Gasteiger partial charge >= 0.3 is 5.97 Å². The standard InChI is InChI=1S/C9H11NO2.C7H12NO2/c10-8(9(11)12)6-7-4-2-1-3-5-7;1-6(2)3-7(4-9)8-5-10/h1-5,8H,6,10H2,(H,11,12);5-7H,3H2,1-2H3,(H,8,10)/t;7-/m.0/s1. The first-order valence-corrected chi connectivity index (χ1v) is 7.00. The quantitative estimate of drug-likeness (QED) is 0.618. The Labute approximate surface area is 130 Å². The molecule has 2 atom stereocenters. The van der Waals surface area contributed by atoms with Gasteiger partial charge in [0.25, 0.3) is 0 Å². The largest absolute Gasteiger partial charge is 0.480 e. The maximum atomic E-state index is 10.4. The van der Waals surface area contributed by atoms with Crippen molar-refractivity contribution in [3.05, 3.63) is 35.9 Å². The van der Waals surface area contributed by atoms with Gasteiger partial charge in [-0.2, -0.15) is 0 Å². The summed E-state index contributed by atoms with van der Waals surface area (Å²) in [5, 5.41) is 10.9. The first-order valence-electron chi connectivity index (χ1n) is 7.00. The van der Waals surface area contributed by atoms with Crippen LogP contribution in [0.25, 0.3) is 0 Å². The Kier molecular flexibility index (Phi) is 10.3. The van der Waals surface area contributed by atoms with E-state index in [0.29, 0.717) is 25.2 Å². The summed E-state index contributed by atoms with van der Waals surface area (Å²) < 4.78 is 0. The first kappa shape index (κ1) is 19.8. The van der Waals surface area contributed by atoms with E-state index < -0.39 is 18.1 Å². The van der Waals surface area contributed by atoms with Gasteiger partial charge in [0.15, 0.2) is 0 Å². The molecular formula is C16H23N2O4. The van der Waals surface area contributed by atoms with Crippen LogP contribution in [-0.2, 0) is 20.8 Å². The number of carbonyl (C=O) groups is 2. The molecule has 0 heterocycles. The van der Waals surface area contributed by atoms with Crippen LogP contribution in [0, 0.1) is 5.92 Å². The molecule has 0 bridgehead atoms. The predicted molar refractivity (Wildman–Crippen MR) is 83.9 cm³/mol. The van der Waals surface area contributed by atoms with E-state index in [2.05, 4.69) is 5.32 Å². The molecule has 121 valence electrons. The topological polar surface area (TPSA) is 109 Å². The van der Waals surface area contributed by atoms with Crippen molar-refractivity contribution in [3.63, 3.8) is 0 Å². The number of carboxylic acids is 1. The first-order chi connectivity index (χ1) is 10.4. The number of aliphatic carboxylic acids is 1. The van der Waals surface area contributed by atoms with E-state index in [1.807, 2.05) is 44.2 Å². The van der Waals surface area contributed by atoms with Gasteiger partial charge in [-0.25, -0.2) is 0 Å². The van der Waals surface area contributed by atoms with Crippen LogP contribution in [0.15, 0.2) is 30.3 Å². The molecule has 1 amide bonds. The average molecular weight is 307 g/mol. The molecule has 0 fully saturated rings. The number of amides is 1. The van der Waals surface area contributed by atoms with E-state index in [-0.39, 0.29) is 0 Å². The maximum absolute atomic E-state index is 10.4. The summed E-state index contributed by atoms with van der Waals surface area (Å²) in [6.45, 7) is 3.97. The number of benzene rings is 1. The Hall–Kier alpha value is -2.21. The van der Waals surface area contributed by atoms with Crippen molar-refractivity contribution >= 4 is 18.7 Å². The molecule has 1 aromatic rings. The van der Waals surface area contributed by atoms with Crippen molar-refractivity contribution in [3.8, 4) is 0 Å². The zero-order chi connectivity index (χ0) is 17.0. The molecule has 0 saturated heterocycles. The van der Waals surface area contributed by atoms with Crippen LogP contribution in [0.2, 0.25) is 0 Å². The summed E-state index contributed by atoms with van der Waals surface area (Å²) in [5.74, 6) is -0.558. The third-order valence-corrected chi connectivity index (χ3v) is 2.73. The molecule has 6 heteroatoms.